The summed E-state index contributed by atoms with van der Waals surface area (Å²) in [7, 11) is 1.25. The van der Waals surface area contributed by atoms with E-state index in [2.05, 4.69) is 5.32 Å². The number of rotatable bonds is 5. The Morgan fingerprint density at radius 3 is 2.65 bits per heavy atom. The number of nitrogens with two attached hydrogens (primary N) is 1. The van der Waals surface area contributed by atoms with Gasteiger partial charge in [0.2, 0.25) is 5.91 Å². The number of anilines is 2. The minimum Gasteiger partial charge on any atom is -0.464 e. The second-order valence-corrected chi connectivity index (χ2v) is 6.37. The lowest BCUT2D eigenvalue weighted by atomic mass is 10.1. The average molecular weight is 354 g/mol. The molecule has 2 rings (SSSR count). The monoisotopic (exact) mass is 354 g/mol. The lowest BCUT2D eigenvalue weighted by Crippen LogP contribution is -2.16. The Bertz CT molecular complexity index is 891. The average Bonchev–Trinajstić information content (AvgIpc) is 2.91. The third-order valence-corrected chi connectivity index (χ3v) is 3.98. The van der Waals surface area contributed by atoms with E-state index in [9.17, 15) is 14.9 Å². The predicted octanol–water partition coefficient (Wildman–Crippen LogP) is 3.01. The van der Waals surface area contributed by atoms with Crippen LogP contribution in [0.5, 0.6) is 0 Å². The van der Waals surface area contributed by atoms with Crippen LogP contribution in [0.1, 0.15) is 41.9 Å². The van der Waals surface area contributed by atoms with Gasteiger partial charge in [0.25, 0.3) is 0 Å². The van der Waals surface area contributed by atoms with Crippen LogP contribution in [0.15, 0.2) is 24.4 Å². The fourth-order valence-corrected chi connectivity index (χ4v) is 2.70. The molecule has 0 unspecified atom stereocenters. The smallest absolute Gasteiger partial charge is 0.357 e. The number of nitriles is 1. The highest BCUT2D eigenvalue weighted by Crippen LogP contribution is 2.29. The summed E-state index contributed by atoms with van der Waals surface area (Å²) in [6.07, 6.45) is 1.90. The molecule has 0 bridgehead atoms. The van der Waals surface area contributed by atoms with Crippen molar-refractivity contribution in [1.82, 2.24) is 4.57 Å². The quantitative estimate of drug-likeness (QED) is 0.802. The first-order chi connectivity index (χ1) is 12.3. The molecule has 0 atom stereocenters. The zero-order valence-electron chi connectivity index (χ0n) is 15.3. The molecule has 0 saturated heterocycles. The third-order valence-electron chi connectivity index (χ3n) is 3.98. The Morgan fingerprint density at radius 1 is 1.38 bits per heavy atom. The Labute approximate surface area is 152 Å². The van der Waals surface area contributed by atoms with Crippen LogP contribution in [0.3, 0.4) is 0 Å². The molecule has 7 nitrogen and oxygen atoms in total. The van der Waals surface area contributed by atoms with Crippen molar-refractivity contribution in [2.75, 3.05) is 18.2 Å². The number of benzene rings is 1. The summed E-state index contributed by atoms with van der Waals surface area (Å²) < 4.78 is 6.32. The van der Waals surface area contributed by atoms with Crippen LogP contribution in [-0.4, -0.2) is 23.6 Å². The number of carbonyl (C=O) groups is 2. The molecule has 1 heterocycles. The molecule has 0 aliphatic carbocycles. The highest BCUT2D eigenvalue weighted by Gasteiger charge is 2.23. The number of hydrogen-bond donors (Lipinski definition) is 2. The van der Waals surface area contributed by atoms with Crippen molar-refractivity contribution in [3.05, 3.63) is 41.2 Å². The number of esters is 1. The van der Waals surface area contributed by atoms with E-state index in [0.717, 1.165) is 5.56 Å². The molecule has 0 saturated carbocycles. The Morgan fingerprint density at radius 2 is 2.08 bits per heavy atom. The van der Waals surface area contributed by atoms with Gasteiger partial charge in [-0.25, -0.2) is 4.79 Å². The van der Waals surface area contributed by atoms with Crippen LogP contribution in [0.25, 0.3) is 5.69 Å². The summed E-state index contributed by atoms with van der Waals surface area (Å²) in [5.74, 6) is -0.484. The molecule has 0 spiro atoms. The van der Waals surface area contributed by atoms with Crippen LogP contribution >= 0.6 is 0 Å². The van der Waals surface area contributed by atoms with Gasteiger partial charge in [0, 0.05) is 18.3 Å². The summed E-state index contributed by atoms with van der Waals surface area (Å²) in [5, 5.41) is 12.1. The molecule has 7 heteroatoms. The summed E-state index contributed by atoms with van der Waals surface area (Å²) in [6.45, 7) is 5.76. The van der Waals surface area contributed by atoms with Crippen molar-refractivity contribution in [3.63, 3.8) is 0 Å². The maximum atomic E-state index is 12.2. The fraction of sp³-hybridized carbons (Fsp3) is 0.316. The standard InChI is InChI=1S/C19H22N4O3/c1-11(2)8-16(24)22-14-6-5-7-15(12(14)3)23-10-13(9-20)17(21)18(23)19(25)26-4/h5-7,10-11H,8,21H2,1-4H3,(H,22,24). The lowest BCUT2D eigenvalue weighted by Gasteiger charge is -2.15. The highest BCUT2D eigenvalue weighted by molar-refractivity contribution is 5.96. The van der Waals surface area contributed by atoms with E-state index in [4.69, 9.17) is 10.5 Å². The maximum absolute atomic E-state index is 12.2. The number of hydrogen-bond acceptors (Lipinski definition) is 5. The van der Waals surface area contributed by atoms with Gasteiger partial charge in [-0.2, -0.15) is 5.26 Å². The number of amides is 1. The molecule has 3 N–H and O–H groups in total. The lowest BCUT2D eigenvalue weighted by molar-refractivity contribution is -0.116. The van der Waals surface area contributed by atoms with Gasteiger partial charge in [-0.3, -0.25) is 4.79 Å². The molecule has 0 radical (unpaired) electrons. The first kappa shape index (κ1) is 19.1. The number of methoxy groups -OCH3 is 1. The van der Waals surface area contributed by atoms with E-state index in [1.54, 1.807) is 18.2 Å². The third kappa shape index (κ3) is 3.70. The Balaban J connectivity index is 2.54. The van der Waals surface area contributed by atoms with Crippen LogP contribution in [0.4, 0.5) is 11.4 Å². The molecule has 136 valence electrons. The highest BCUT2D eigenvalue weighted by atomic mass is 16.5. The first-order valence-electron chi connectivity index (χ1n) is 8.19. The van der Waals surface area contributed by atoms with Gasteiger partial charge < -0.3 is 20.4 Å². The van der Waals surface area contributed by atoms with Crippen LogP contribution in [0.2, 0.25) is 0 Å². The summed E-state index contributed by atoms with van der Waals surface area (Å²) in [5.41, 5.74) is 8.27. The number of nitrogens with zero attached hydrogens (tertiary/aromatic N) is 2. The second-order valence-electron chi connectivity index (χ2n) is 6.37. The molecular formula is C19H22N4O3. The molecule has 0 aliphatic rings. The summed E-state index contributed by atoms with van der Waals surface area (Å²) in [4.78, 5) is 24.2. The van der Waals surface area contributed by atoms with Crippen molar-refractivity contribution in [2.24, 2.45) is 5.92 Å². The van der Waals surface area contributed by atoms with Gasteiger partial charge in [0.1, 0.15) is 6.07 Å². The maximum Gasteiger partial charge on any atom is 0.357 e. The topological polar surface area (TPSA) is 110 Å². The van der Waals surface area contributed by atoms with E-state index in [0.29, 0.717) is 17.8 Å². The van der Waals surface area contributed by atoms with E-state index in [-0.39, 0.29) is 28.8 Å². The Kier molecular flexibility index (Phi) is 5.68. The van der Waals surface area contributed by atoms with E-state index >= 15 is 0 Å². The van der Waals surface area contributed by atoms with Crippen LogP contribution in [-0.2, 0) is 9.53 Å². The number of nitrogens with one attached hydrogen (secondary N) is 1. The normalized spacial score (nSPS) is 10.5. The molecule has 1 amide bonds. The van der Waals surface area contributed by atoms with Crippen molar-refractivity contribution in [3.8, 4) is 11.8 Å². The van der Waals surface area contributed by atoms with Gasteiger partial charge in [-0.1, -0.05) is 19.9 Å². The van der Waals surface area contributed by atoms with Gasteiger partial charge in [0.05, 0.1) is 24.0 Å². The zero-order valence-corrected chi connectivity index (χ0v) is 15.3. The zero-order chi connectivity index (χ0) is 19.4. The largest absolute Gasteiger partial charge is 0.464 e. The molecule has 2 aromatic rings. The molecule has 26 heavy (non-hydrogen) atoms. The molecule has 0 aliphatic heterocycles. The van der Waals surface area contributed by atoms with Crippen LogP contribution in [0, 0.1) is 24.2 Å². The van der Waals surface area contributed by atoms with Crippen molar-refractivity contribution < 1.29 is 14.3 Å². The fourth-order valence-electron chi connectivity index (χ4n) is 2.70. The number of aromatic nitrogens is 1. The van der Waals surface area contributed by atoms with Crippen molar-refractivity contribution in [1.29, 1.82) is 5.26 Å². The molecule has 1 aromatic heterocycles. The van der Waals surface area contributed by atoms with Crippen molar-refractivity contribution in [2.45, 2.75) is 27.2 Å². The summed E-state index contributed by atoms with van der Waals surface area (Å²) in [6, 6.07) is 7.29. The van der Waals surface area contributed by atoms with Gasteiger partial charge in [0.15, 0.2) is 5.69 Å². The minimum absolute atomic E-state index is 0.0630. The van der Waals surface area contributed by atoms with Gasteiger partial charge >= 0.3 is 5.97 Å². The van der Waals surface area contributed by atoms with Crippen molar-refractivity contribution >= 4 is 23.3 Å². The summed E-state index contributed by atoms with van der Waals surface area (Å²) >= 11 is 0. The van der Waals surface area contributed by atoms with Gasteiger partial charge in [-0.15, -0.1) is 0 Å². The SMILES string of the molecule is COC(=O)c1c(N)c(C#N)cn1-c1cccc(NC(=O)CC(C)C)c1C. The number of ether oxygens (including phenoxy) is 1. The van der Waals surface area contributed by atoms with E-state index < -0.39 is 5.97 Å². The van der Waals surface area contributed by atoms with Crippen LogP contribution < -0.4 is 11.1 Å². The first-order valence-corrected chi connectivity index (χ1v) is 8.19. The number of carbonyl (C=O) groups excluding carboxylic acids is 2. The second kappa shape index (κ2) is 7.74. The van der Waals surface area contributed by atoms with Gasteiger partial charge in [-0.05, 0) is 30.5 Å². The predicted molar refractivity (Wildman–Crippen MR) is 99.1 cm³/mol. The Hall–Kier alpha value is -3.27. The van der Waals surface area contributed by atoms with E-state index in [1.165, 1.54) is 17.9 Å². The minimum atomic E-state index is -0.641. The molecule has 0 fully saturated rings. The molecular weight excluding hydrogens is 332 g/mol. The number of nitrogen functional groups attached to an aromatic ring is 1. The molecule has 1 aromatic carbocycles. The van der Waals surface area contributed by atoms with E-state index in [1.807, 2.05) is 26.8 Å².